The lowest BCUT2D eigenvalue weighted by atomic mass is 10.2. The molecule has 1 unspecified atom stereocenters. The number of ether oxygens (including phenoxy) is 1. The van der Waals surface area contributed by atoms with Gasteiger partial charge in [-0.1, -0.05) is 17.0 Å². The Morgan fingerprint density at radius 3 is 2.93 bits per heavy atom. The van der Waals surface area contributed by atoms with Gasteiger partial charge in [-0.3, -0.25) is 18.6 Å². The molecule has 4 atom stereocenters. The lowest BCUT2D eigenvalue weighted by Gasteiger charge is -2.18. The van der Waals surface area contributed by atoms with Gasteiger partial charge in [0.25, 0.3) is 0 Å². The maximum Gasteiger partial charge on any atom is 0.547 e. The largest absolute Gasteiger partial charge is 0.547 e. The third-order valence-corrected chi connectivity index (χ3v) is 5.11. The van der Waals surface area contributed by atoms with E-state index in [0.717, 1.165) is 9.41 Å². The average Bonchev–Trinajstić information content (AvgIpc) is 3.23. The van der Waals surface area contributed by atoms with Crippen LogP contribution in [0.3, 0.4) is 0 Å². The second-order valence-corrected chi connectivity index (χ2v) is 7.63. The number of hydrogen-bond donors (Lipinski definition) is 3. The maximum atomic E-state index is 12.2. The molecule has 0 saturated carbocycles. The quantitative estimate of drug-likeness (QED) is 0.433. The molecule has 1 saturated heterocycles. The van der Waals surface area contributed by atoms with E-state index in [0.29, 0.717) is 11.0 Å². The molecule has 1 fully saturated rings. The van der Waals surface area contributed by atoms with Crippen LogP contribution in [0.4, 0.5) is 5.82 Å². The van der Waals surface area contributed by atoms with Gasteiger partial charge in [0, 0.05) is 12.6 Å². The van der Waals surface area contributed by atoms with Crippen LogP contribution in [0.15, 0.2) is 41.3 Å². The van der Waals surface area contributed by atoms with Crippen molar-refractivity contribution in [2.75, 3.05) is 12.3 Å². The highest BCUT2D eigenvalue weighted by Crippen LogP contribution is 2.41. The van der Waals surface area contributed by atoms with Crippen molar-refractivity contribution in [3.05, 3.63) is 47.0 Å². The average molecular weight is 424 g/mol. The first-order valence-electron chi connectivity index (χ1n) is 8.48. The fraction of sp³-hybridized carbons (Fsp3) is 0.333. The van der Waals surface area contributed by atoms with Gasteiger partial charge >= 0.3 is 13.5 Å². The van der Waals surface area contributed by atoms with Crippen LogP contribution in [0.2, 0.25) is 0 Å². The SMILES string of the molecule is Nc1ccn([C@H]2C[C@H](O)[C@@H](COP(=O)(O)On3nnc4ccccc43)O2)c(=O)n1. The van der Waals surface area contributed by atoms with E-state index < -0.39 is 38.6 Å². The minimum absolute atomic E-state index is 0.0590. The number of benzene rings is 1. The summed E-state index contributed by atoms with van der Waals surface area (Å²) < 4.78 is 28.8. The molecule has 14 heteroatoms. The van der Waals surface area contributed by atoms with Gasteiger partial charge in [-0.25, -0.2) is 9.36 Å². The van der Waals surface area contributed by atoms with Gasteiger partial charge in [-0.15, -0.1) is 5.10 Å². The molecule has 1 aromatic carbocycles. The van der Waals surface area contributed by atoms with E-state index in [9.17, 15) is 19.4 Å². The van der Waals surface area contributed by atoms with Crippen LogP contribution in [0, 0.1) is 0 Å². The zero-order valence-electron chi connectivity index (χ0n) is 14.8. The summed E-state index contributed by atoms with van der Waals surface area (Å²) in [5.74, 6) is 0.0590. The summed E-state index contributed by atoms with van der Waals surface area (Å²) in [5, 5.41) is 17.6. The lowest BCUT2D eigenvalue weighted by molar-refractivity contribution is -0.0470. The highest BCUT2D eigenvalue weighted by molar-refractivity contribution is 7.47. The third kappa shape index (κ3) is 4.13. The van der Waals surface area contributed by atoms with Crippen molar-refractivity contribution in [3.63, 3.8) is 0 Å². The molecule has 13 nitrogen and oxygen atoms in total. The number of nitrogens with two attached hydrogens (primary N) is 1. The number of nitrogens with zero attached hydrogens (tertiary/aromatic N) is 5. The van der Waals surface area contributed by atoms with Crippen molar-refractivity contribution in [2.45, 2.75) is 24.9 Å². The summed E-state index contributed by atoms with van der Waals surface area (Å²) in [7, 11) is -4.60. The van der Waals surface area contributed by atoms with Crippen LogP contribution >= 0.6 is 7.82 Å². The first-order valence-corrected chi connectivity index (χ1v) is 9.98. The van der Waals surface area contributed by atoms with Gasteiger partial charge < -0.3 is 15.6 Å². The molecule has 0 spiro atoms. The predicted molar refractivity (Wildman–Crippen MR) is 97.3 cm³/mol. The fourth-order valence-corrected chi connectivity index (χ4v) is 3.58. The lowest BCUT2D eigenvalue weighted by Crippen LogP contribution is -2.28. The van der Waals surface area contributed by atoms with Gasteiger partial charge in [0.2, 0.25) is 0 Å². The molecule has 3 heterocycles. The zero-order valence-corrected chi connectivity index (χ0v) is 15.7. The number of aliphatic hydroxyl groups is 1. The maximum absolute atomic E-state index is 12.2. The molecule has 1 aliphatic rings. The number of nitrogen functional groups attached to an aromatic ring is 1. The molecule has 0 radical (unpaired) electrons. The van der Waals surface area contributed by atoms with E-state index in [1.165, 1.54) is 12.3 Å². The number of phosphoric acid groups is 1. The number of hydrogen-bond acceptors (Lipinski definition) is 10. The first kappa shape index (κ1) is 19.5. The number of fused-ring (bicyclic) bond motifs is 1. The van der Waals surface area contributed by atoms with Crippen molar-refractivity contribution in [3.8, 4) is 0 Å². The molecular weight excluding hydrogens is 407 g/mol. The molecule has 0 aliphatic carbocycles. The Bertz CT molecular complexity index is 1130. The highest BCUT2D eigenvalue weighted by atomic mass is 31.2. The van der Waals surface area contributed by atoms with Crippen LogP contribution in [-0.4, -0.2) is 53.5 Å². The Hall–Kier alpha value is -2.83. The van der Waals surface area contributed by atoms with Gasteiger partial charge in [0.05, 0.1) is 12.7 Å². The summed E-state index contributed by atoms with van der Waals surface area (Å²) in [6.45, 7) is -0.463. The molecule has 4 rings (SSSR count). The Kier molecular flexibility index (Phi) is 5.06. The smallest absolute Gasteiger partial charge is 0.390 e. The minimum Gasteiger partial charge on any atom is -0.390 e. The van der Waals surface area contributed by atoms with Crippen molar-refractivity contribution < 1.29 is 28.5 Å². The molecule has 2 aromatic heterocycles. The molecule has 0 amide bonds. The van der Waals surface area contributed by atoms with Gasteiger partial charge in [0.15, 0.2) is 0 Å². The first-order chi connectivity index (χ1) is 13.8. The number of rotatable bonds is 6. The molecule has 29 heavy (non-hydrogen) atoms. The molecular formula is C15H17N6O7P. The summed E-state index contributed by atoms with van der Waals surface area (Å²) >= 11 is 0. The molecule has 3 aromatic rings. The molecule has 4 N–H and O–H groups in total. The van der Waals surface area contributed by atoms with Crippen molar-refractivity contribution in [1.29, 1.82) is 0 Å². The summed E-state index contributed by atoms with van der Waals surface area (Å²) in [5.41, 5.74) is 5.64. The molecule has 1 aliphatic heterocycles. The van der Waals surface area contributed by atoms with E-state index in [1.54, 1.807) is 24.3 Å². The second kappa shape index (κ2) is 7.54. The number of aliphatic hydroxyl groups excluding tert-OH is 1. The van der Waals surface area contributed by atoms with Crippen LogP contribution in [0.5, 0.6) is 0 Å². The Morgan fingerprint density at radius 2 is 2.14 bits per heavy atom. The third-order valence-electron chi connectivity index (χ3n) is 4.27. The van der Waals surface area contributed by atoms with Gasteiger partial charge in [-0.05, 0) is 23.4 Å². The molecule has 154 valence electrons. The minimum atomic E-state index is -4.60. The van der Waals surface area contributed by atoms with Crippen LogP contribution in [0.25, 0.3) is 11.0 Å². The number of aromatic nitrogens is 5. The number of phosphoric ester groups is 1. The Balaban J connectivity index is 1.40. The van der Waals surface area contributed by atoms with Crippen molar-refractivity contribution in [1.82, 2.24) is 24.7 Å². The number of para-hydroxylation sites is 1. The van der Waals surface area contributed by atoms with Crippen LogP contribution in [-0.2, 0) is 13.8 Å². The number of anilines is 1. The van der Waals surface area contributed by atoms with E-state index in [1.807, 2.05) is 0 Å². The van der Waals surface area contributed by atoms with E-state index in [2.05, 4.69) is 15.3 Å². The summed E-state index contributed by atoms with van der Waals surface area (Å²) in [6.07, 6.45) is -1.39. The summed E-state index contributed by atoms with van der Waals surface area (Å²) in [4.78, 5) is 26.2. The van der Waals surface area contributed by atoms with E-state index in [-0.39, 0.29) is 12.2 Å². The van der Waals surface area contributed by atoms with Crippen molar-refractivity contribution in [2.24, 2.45) is 0 Å². The van der Waals surface area contributed by atoms with E-state index >= 15 is 0 Å². The molecule has 0 bridgehead atoms. The van der Waals surface area contributed by atoms with Gasteiger partial charge in [0.1, 0.15) is 29.2 Å². The summed E-state index contributed by atoms with van der Waals surface area (Å²) in [6, 6.07) is 8.09. The topological polar surface area (TPSA) is 177 Å². The van der Waals surface area contributed by atoms with Crippen molar-refractivity contribution >= 4 is 24.7 Å². The van der Waals surface area contributed by atoms with E-state index in [4.69, 9.17) is 19.6 Å². The fourth-order valence-electron chi connectivity index (χ4n) is 2.88. The second-order valence-electron chi connectivity index (χ2n) is 6.27. The van der Waals surface area contributed by atoms with Crippen LogP contribution < -0.4 is 16.0 Å². The Labute approximate surface area is 162 Å². The predicted octanol–water partition coefficient (Wildman–Crippen LogP) is -0.536. The van der Waals surface area contributed by atoms with Crippen LogP contribution in [0.1, 0.15) is 12.6 Å². The van der Waals surface area contributed by atoms with Gasteiger partial charge in [-0.2, -0.15) is 4.98 Å². The Morgan fingerprint density at radius 1 is 1.34 bits per heavy atom. The highest BCUT2D eigenvalue weighted by Gasteiger charge is 2.38. The standard InChI is InChI=1S/C15H17N6O7P/c16-13-5-6-20(15(23)17-13)14-7-11(22)12(27-14)8-26-29(24,25)28-21-10-4-2-1-3-9(10)18-19-21/h1-6,11-12,14,22H,7-8H2,(H,24,25)(H2,16,17,23)/t11-,12+,14+/m0/s1. The monoisotopic (exact) mass is 424 g/mol. The zero-order chi connectivity index (χ0) is 20.6. The normalized spacial score (nSPS) is 23.9.